The van der Waals surface area contributed by atoms with Crippen LogP contribution in [-0.2, 0) is 5.88 Å². The second kappa shape index (κ2) is 8.11. The van der Waals surface area contributed by atoms with Crippen LogP contribution < -0.4 is 10.6 Å². The number of hydrogen-bond acceptors (Lipinski definition) is 3. The number of imidazole rings is 1. The molecular formula is C21H23ClN4O. The molecule has 6 heteroatoms. The molecule has 1 saturated heterocycles. The van der Waals surface area contributed by atoms with Crippen molar-refractivity contribution in [3.8, 4) is 0 Å². The molecule has 27 heavy (non-hydrogen) atoms. The van der Waals surface area contributed by atoms with Gasteiger partial charge in [-0.05, 0) is 43.1 Å². The first-order chi connectivity index (χ1) is 13.3. The fraction of sp³-hybridized carbons (Fsp3) is 0.333. The quantitative estimate of drug-likeness (QED) is 0.660. The monoisotopic (exact) mass is 382 g/mol. The zero-order valence-corrected chi connectivity index (χ0v) is 15.9. The second-order valence-electron chi connectivity index (χ2n) is 6.90. The van der Waals surface area contributed by atoms with E-state index in [1.165, 1.54) is 0 Å². The van der Waals surface area contributed by atoms with Crippen molar-refractivity contribution < 1.29 is 4.79 Å². The Morgan fingerprint density at radius 1 is 1.19 bits per heavy atom. The van der Waals surface area contributed by atoms with Crippen molar-refractivity contribution in [2.75, 3.05) is 18.4 Å². The summed E-state index contributed by atoms with van der Waals surface area (Å²) >= 11 is 6.22. The predicted molar refractivity (Wildman–Crippen MR) is 109 cm³/mol. The van der Waals surface area contributed by atoms with Gasteiger partial charge in [0.1, 0.15) is 0 Å². The topological polar surface area (TPSA) is 59.0 Å². The van der Waals surface area contributed by atoms with Crippen LogP contribution in [0.5, 0.6) is 0 Å². The molecule has 3 aromatic rings. The molecule has 0 bridgehead atoms. The Hall–Kier alpha value is -2.37. The lowest BCUT2D eigenvalue weighted by Crippen LogP contribution is -2.25. The van der Waals surface area contributed by atoms with Crippen LogP contribution in [-0.4, -0.2) is 28.5 Å². The number of nitrogens with zero attached hydrogens (tertiary/aromatic N) is 2. The molecule has 5 nitrogen and oxygen atoms in total. The second-order valence-corrected chi connectivity index (χ2v) is 7.17. The first kappa shape index (κ1) is 18.0. The lowest BCUT2D eigenvalue weighted by atomic mass is 10.1. The number of hydrogen-bond donors (Lipinski definition) is 2. The molecule has 0 spiro atoms. The van der Waals surface area contributed by atoms with E-state index < -0.39 is 0 Å². The number of benzene rings is 2. The summed E-state index contributed by atoms with van der Waals surface area (Å²) < 4.78 is 2.17. The maximum absolute atomic E-state index is 12.7. The third kappa shape index (κ3) is 3.70. The van der Waals surface area contributed by atoms with Gasteiger partial charge in [-0.1, -0.05) is 36.8 Å². The molecule has 2 aromatic carbocycles. The zero-order valence-electron chi connectivity index (χ0n) is 15.1. The van der Waals surface area contributed by atoms with Crippen molar-refractivity contribution in [3.63, 3.8) is 0 Å². The van der Waals surface area contributed by atoms with E-state index in [-0.39, 0.29) is 11.9 Å². The van der Waals surface area contributed by atoms with E-state index in [9.17, 15) is 4.79 Å². The minimum atomic E-state index is -0.152. The maximum Gasteiger partial charge on any atom is 0.257 e. The molecule has 0 saturated carbocycles. The summed E-state index contributed by atoms with van der Waals surface area (Å²) in [6, 6.07) is 15.4. The third-order valence-electron chi connectivity index (χ3n) is 5.09. The molecule has 2 N–H and O–H groups in total. The van der Waals surface area contributed by atoms with E-state index in [1.807, 2.05) is 36.4 Å². The number of nitrogens with one attached hydrogen (secondary N) is 2. The Labute approximate surface area is 163 Å². The number of halogens is 1. The Morgan fingerprint density at radius 2 is 2.04 bits per heavy atom. The summed E-state index contributed by atoms with van der Waals surface area (Å²) in [5.74, 6) is 0.848. The van der Waals surface area contributed by atoms with E-state index in [0.717, 1.165) is 48.9 Å². The van der Waals surface area contributed by atoms with Gasteiger partial charge in [-0.25, -0.2) is 4.98 Å². The van der Waals surface area contributed by atoms with Crippen LogP contribution >= 0.6 is 11.6 Å². The van der Waals surface area contributed by atoms with Gasteiger partial charge in [0, 0.05) is 24.0 Å². The van der Waals surface area contributed by atoms with Crippen LogP contribution in [0.15, 0.2) is 48.5 Å². The van der Waals surface area contributed by atoms with Crippen LogP contribution in [0.25, 0.3) is 11.0 Å². The van der Waals surface area contributed by atoms with E-state index in [4.69, 9.17) is 16.6 Å². The number of carbonyl (C=O) groups excluding carboxylic acids is 1. The highest BCUT2D eigenvalue weighted by molar-refractivity contribution is 6.18. The van der Waals surface area contributed by atoms with E-state index >= 15 is 0 Å². The molecule has 0 radical (unpaired) electrons. The van der Waals surface area contributed by atoms with Crippen molar-refractivity contribution in [3.05, 3.63) is 59.7 Å². The number of rotatable bonds is 4. The van der Waals surface area contributed by atoms with Crippen LogP contribution in [0.4, 0.5) is 5.95 Å². The lowest BCUT2D eigenvalue weighted by molar-refractivity contribution is 0.102. The molecule has 1 aliphatic rings. The van der Waals surface area contributed by atoms with Gasteiger partial charge in [0.15, 0.2) is 0 Å². The SMILES string of the molecule is O=C(Nc1nc2cccc(CCl)c2n1[C@@H]1CCCCNC1)c1ccccc1. The summed E-state index contributed by atoms with van der Waals surface area (Å²) in [6.45, 7) is 1.88. The highest BCUT2D eigenvalue weighted by Crippen LogP contribution is 2.31. The highest BCUT2D eigenvalue weighted by Gasteiger charge is 2.23. The zero-order chi connectivity index (χ0) is 18.6. The van der Waals surface area contributed by atoms with Crippen LogP contribution in [0.1, 0.15) is 41.2 Å². The van der Waals surface area contributed by atoms with Crippen molar-refractivity contribution in [2.45, 2.75) is 31.2 Å². The Balaban J connectivity index is 1.79. The fourth-order valence-corrected chi connectivity index (χ4v) is 3.97. The van der Waals surface area contributed by atoms with Gasteiger partial charge < -0.3 is 9.88 Å². The normalized spacial score (nSPS) is 17.6. The third-order valence-corrected chi connectivity index (χ3v) is 5.37. The standard InChI is InChI=1S/C21H23ClN4O/c22-13-16-9-6-11-18-19(16)26(17-10-4-5-12-23-14-17)21(24-18)25-20(27)15-7-2-1-3-8-15/h1-3,6-9,11,17,23H,4-5,10,12-14H2,(H,24,25,27)/t17-/m1/s1. The van der Waals surface area contributed by atoms with Crippen molar-refractivity contribution in [2.24, 2.45) is 0 Å². The Kier molecular flexibility index (Phi) is 5.41. The number of anilines is 1. The molecule has 4 rings (SSSR count). The van der Waals surface area contributed by atoms with Gasteiger partial charge >= 0.3 is 0 Å². The first-order valence-corrected chi connectivity index (χ1v) is 9.94. The minimum Gasteiger partial charge on any atom is -0.315 e. The summed E-state index contributed by atoms with van der Waals surface area (Å²) in [4.78, 5) is 17.5. The summed E-state index contributed by atoms with van der Waals surface area (Å²) in [6.07, 6.45) is 3.35. The molecule has 1 fully saturated rings. The van der Waals surface area contributed by atoms with Crippen LogP contribution in [0.2, 0.25) is 0 Å². The lowest BCUT2D eigenvalue weighted by Gasteiger charge is -2.21. The van der Waals surface area contributed by atoms with Gasteiger partial charge in [-0.3, -0.25) is 10.1 Å². The molecule has 0 unspecified atom stereocenters. The van der Waals surface area contributed by atoms with E-state index in [0.29, 0.717) is 17.4 Å². The smallest absolute Gasteiger partial charge is 0.257 e. The fourth-order valence-electron chi connectivity index (χ4n) is 3.76. The molecule has 0 aliphatic carbocycles. The molecule has 1 atom stereocenters. The molecule has 1 amide bonds. The number of amides is 1. The van der Waals surface area contributed by atoms with Crippen molar-refractivity contribution in [1.82, 2.24) is 14.9 Å². The molecule has 1 aliphatic heterocycles. The number of alkyl halides is 1. The average Bonchev–Trinajstić information content (AvgIpc) is 2.88. The predicted octanol–water partition coefficient (Wildman–Crippen LogP) is 4.34. The minimum absolute atomic E-state index is 0.152. The maximum atomic E-state index is 12.7. The van der Waals surface area contributed by atoms with Gasteiger partial charge in [0.25, 0.3) is 5.91 Å². The highest BCUT2D eigenvalue weighted by atomic mass is 35.5. The summed E-state index contributed by atoms with van der Waals surface area (Å²) in [7, 11) is 0. The molecule has 2 heterocycles. The van der Waals surface area contributed by atoms with Crippen molar-refractivity contribution >= 4 is 34.5 Å². The Morgan fingerprint density at radius 3 is 2.85 bits per heavy atom. The molecule has 1 aromatic heterocycles. The summed E-state index contributed by atoms with van der Waals surface area (Å²) in [5, 5.41) is 6.53. The average molecular weight is 383 g/mol. The largest absolute Gasteiger partial charge is 0.315 e. The molecule has 140 valence electrons. The van der Waals surface area contributed by atoms with Gasteiger partial charge in [-0.15, -0.1) is 11.6 Å². The number of para-hydroxylation sites is 1. The van der Waals surface area contributed by atoms with Crippen LogP contribution in [0.3, 0.4) is 0 Å². The van der Waals surface area contributed by atoms with Gasteiger partial charge in [0.05, 0.1) is 11.0 Å². The Bertz CT molecular complexity index is 930. The summed E-state index contributed by atoms with van der Waals surface area (Å²) in [5.41, 5.74) is 3.53. The number of fused-ring (bicyclic) bond motifs is 1. The first-order valence-electron chi connectivity index (χ1n) is 9.41. The van der Waals surface area contributed by atoms with Gasteiger partial charge in [-0.2, -0.15) is 0 Å². The van der Waals surface area contributed by atoms with E-state index in [1.54, 1.807) is 12.1 Å². The molecular weight excluding hydrogens is 360 g/mol. The number of carbonyl (C=O) groups is 1. The number of aromatic nitrogens is 2. The van der Waals surface area contributed by atoms with Crippen molar-refractivity contribution in [1.29, 1.82) is 0 Å². The van der Waals surface area contributed by atoms with Crippen LogP contribution in [0, 0.1) is 0 Å². The van der Waals surface area contributed by atoms with E-state index in [2.05, 4.69) is 15.2 Å². The van der Waals surface area contributed by atoms with Gasteiger partial charge in [0.2, 0.25) is 5.95 Å².